The van der Waals surface area contributed by atoms with Crippen LogP contribution >= 0.6 is 0 Å². The summed E-state index contributed by atoms with van der Waals surface area (Å²) in [7, 11) is 0. The Balaban J connectivity index is 2.37. The van der Waals surface area contributed by atoms with Crippen molar-refractivity contribution in [2.75, 3.05) is 6.61 Å². The Morgan fingerprint density at radius 3 is 2.87 bits per heavy atom. The van der Waals surface area contributed by atoms with Gasteiger partial charge in [-0.15, -0.1) is 0 Å². The zero-order valence-electron chi connectivity index (χ0n) is 8.91. The summed E-state index contributed by atoms with van der Waals surface area (Å²) in [6.45, 7) is 4.30. The molecule has 0 amide bonds. The lowest BCUT2D eigenvalue weighted by atomic mass is 9.92. The molecule has 0 fully saturated rings. The lowest BCUT2D eigenvalue weighted by molar-refractivity contribution is -0.143. The third-order valence-electron chi connectivity index (χ3n) is 2.82. The summed E-state index contributed by atoms with van der Waals surface area (Å²) in [5, 5.41) is 8.93. The fourth-order valence-corrected chi connectivity index (χ4v) is 2.00. The van der Waals surface area contributed by atoms with Gasteiger partial charge in [-0.2, -0.15) is 0 Å². The van der Waals surface area contributed by atoms with Crippen molar-refractivity contribution in [2.45, 2.75) is 20.3 Å². The van der Waals surface area contributed by atoms with Crippen LogP contribution in [-0.2, 0) is 11.2 Å². The maximum Gasteiger partial charge on any atom is 0.310 e. The minimum absolute atomic E-state index is 0.283. The number of aliphatic carboxylic acids is 1. The molecule has 1 N–H and O–H groups in total. The maximum atomic E-state index is 10.9. The van der Waals surface area contributed by atoms with Gasteiger partial charge in [-0.25, -0.2) is 0 Å². The molecule has 80 valence electrons. The first kappa shape index (κ1) is 10.0. The summed E-state index contributed by atoms with van der Waals surface area (Å²) in [5.41, 5.74) is 3.32. The van der Waals surface area contributed by atoms with E-state index in [0.29, 0.717) is 6.42 Å². The molecule has 1 aromatic rings. The largest absolute Gasteiger partial charge is 0.492 e. The van der Waals surface area contributed by atoms with Gasteiger partial charge in [-0.3, -0.25) is 4.79 Å². The average Bonchev–Trinajstić information content (AvgIpc) is 2.16. The van der Waals surface area contributed by atoms with Crippen LogP contribution in [0.2, 0.25) is 0 Å². The number of carboxylic acid groups (broad SMARTS) is 1. The average molecular weight is 206 g/mol. The third kappa shape index (κ3) is 1.82. The number of fused-ring (bicyclic) bond motifs is 1. The van der Waals surface area contributed by atoms with Crippen molar-refractivity contribution in [1.29, 1.82) is 0 Å². The van der Waals surface area contributed by atoms with Crippen LogP contribution in [0.3, 0.4) is 0 Å². The molecule has 0 aliphatic carbocycles. The van der Waals surface area contributed by atoms with E-state index in [4.69, 9.17) is 9.84 Å². The second kappa shape index (κ2) is 3.57. The van der Waals surface area contributed by atoms with E-state index in [9.17, 15) is 4.79 Å². The number of hydrogen-bond acceptors (Lipinski definition) is 2. The highest BCUT2D eigenvalue weighted by Crippen LogP contribution is 2.31. The van der Waals surface area contributed by atoms with Crippen molar-refractivity contribution >= 4 is 5.97 Å². The van der Waals surface area contributed by atoms with Gasteiger partial charge in [0, 0.05) is 0 Å². The molecule has 2 rings (SSSR count). The lowest BCUT2D eigenvalue weighted by Crippen LogP contribution is -2.28. The topological polar surface area (TPSA) is 46.5 Å². The predicted molar refractivity (Wildman–Crippen MR) is 56.2 cm³/mol. The van der Waals surface area contributed by atoms with E-state index >= 15 is 0 Å². The summed E-state index contributed by atoms with van der Waals surface area (Å²) in [6, 6.07) is 4.03. The van der Waals surface area contributed by atoms with Crippen molar-refractivity contribution in [3.8, 4) is 5.75 Å². The van der Waals surface area contributed by atoms with Crippen LogP contribution in [0.25, 0.3) is 0 Å². The summed E-state index contributed by atoms with van der Waals surface area (Å²) >= 11 is 0. The Labute approximate surface area is 88.7 Å². The van der Waals surface area contributed by atoms with Crippen molar-refractivity contribution in [3.05, 3.63) is 28.8 Å². The molecule has 0 bridgehead atoms. The highest BCUT2D eigenvalue weighted by atomic mass is 16.5. The first-order chi connectivity index (χ1) is 7.08. The number of benzene rings is 1. The van der Waals surface area contributed by atoms with Crippen LogP contribution < -0.4 is 4.74 Å². The molecule has 1 aliphatic heterocycles. The van der Waals surface area contributed by atoms with E-state index < -0.39 is 11.9 Å². The lowest BCUT2D eigenvalue weighted by Gasteiger charge is -2.24. The normalized spacial score (nSPS) is 19.2. The second-order valence-electron chi connectivity index (χ2n) is 4.11. The summed E-state index contributed by atoms with van der Waals surface area (Å²) in [4.78, 5) is 10.9. The van der Waals surface area contributed by atoms with Crippen LogP contribution in [0.1, 0.15) is 16.7 Å². The Hall–Kier alpha value is -1.51. The monoisotopic (exact) mass is 206 g/mol. The van der Waals surface area contributed by atoms with Crippen LogP contribution in [0.15, 0.2) is 12.1 Å². The van der Waals surface area contributed by atoms with Gasteiger partial charge in [-0.05, 0) is 43.0 Å². The molecule has 0 saturated carbocycles. The van der Waals surface area contributed by atoms with Crippen LogP contribution in [0, 0.1) is 19.8 Å². The smallest absolute Gasteiger partial charge is 0.310 e. The van der Waals surface area contributed by atoms with Gasteiger partial charge < -0.3 is 9.84 Å². The van der Waals surface area contributed by atoms with Gasteiger partial charge in [-0.1, -0.05) is 6.07 Å². The first-order valence-electron chi connectivity index (χ1n) is 5.03. The minimum Gasteiger partial charge on any atom is -0.492 e. The molecule has 3 nitrogen and oxygen atoms in total. The molecule has 1 unspecified atom stereocenters. The predicted octanol–water partition coefficient (Wildman–Crippen LogP) is 1.94. The fourth-order valence-electron chi connectivity index (χ4n) is 2.00. The number of ether oxygens (including phenoxy) is 1. The minimum atomic E-state index is -0.777. The molecule has 0 saturated heterocycles. The van der Waals surface area contributed by atoms with Crippen LogP contribution in [-0.4, -0.2) is 17.7 Å². The Morgan fingerprint density at radius 2 is 2.20 bits per heavy atom. The molecular formula is C12H14O3. The highest BCUT2D eigenvalue weighted by Gasteiger charge is 2.26. The molecule has 0 radical (unpaired) electrons. The number of hydrogen-bond donors (Lipinski definition) is 1. The summed E-state index contributed by atoms with van der Waals surface area (Å²) < 4.78 is 5.48. The van der Waals surface area contributed by atoms with E-state index in [-0.39, 0.29) is 6.61 Å². The van der Waals surface area contributed by atoms with Gasteiger partial charge in [0.05, 0.1) is 5.92 Å². The number of carbonyl (C=O) groups is 1. The highest BCUT2D eigenvalue weighted by molar-refractivity contribution is 5.71. The van der Waals surface area contributed by atoms with Gasteiger partial charge in [0.1, 0.15) is 12.4 Å². The van der Waals surface area contributed by atoms with E-state index in [1.807, 2.05) is 19.9 Å². The number of rotatable bonds is 1. The molecule has 15 heavy (non-hydrogen) atoms. The van der Waals surface area contributed by atoms with Gasteiger partial charge >= 0.3 is 5.97 Å². The van der Waals surface area contributed by atoms with Crippen molar-refractivity contribution in [2.24, 2.45) is 5.92 Å². The van der Waals surface area contributed by atoms with E-state index in [1.165, 1.54) is 0 Å². The van der Waals surface area contributed by atoms with Crippen molar-refractivity contribution in [1.82, 2.24) is 0 Å². The zero-order valence-corrected chi connectivity index (χ0v) is 8.91. The summed E-state index contributed by atoms with van der Waals surface area (Å²) in [6.07, 6.45) is 0.580. The zero-order chi connectivity index (χ0) is 11.0. The van der Waals surface area contributed by atoms with E-state index in [1.54, 1.807) is 0 Å². The molecule has 1 heterocycles. The Morgan fingerprint density at radius 1 is 1.47 bits per heavy atom. The SMILES string of the molecule is Cc1cc(C)c2c(c1)OCC(C(=O)O)C2. The van der Waals surface area contributed by atoms with Crippen molar-refractivity contribution in [3.63, 3.8) is 0 Å². The third-order valence-corrected chi connectivity index (χ3v) is 2.82. The van der Waals surface area contributed by atoms with E-state index in [0.717, 1.165) is 22.4 Å². The fraction of sp³-hybridized carbons (Fsp3) is 0.417. The van der Waals surface area contributed by atoms with Gasteiger partial charge in [0.25, 0.3) is 0 Å². The van der Waals surface area contributed by atoms with Crippen molar-refractivity contribution < 1.29 is 14.6 Å². The molecule has 1 aromatic carbocycles. The summed E-state index contributed by atoms with van der Waals surface area (Å²) in [5.74, 6) is -0.329. The molecule has 1 atom stereocenters. The quantitative estimate of drug-likeness (QED) is 0.763. The molecule has 1 aliphatic rings. The molecular weight excluding hydrogens is 192 g/mol. The molecule has 3 heteroatoms. The maximum absolute atomic E-state index is 10.9. The molecule has 0 aromatic heterocycles. The number of aryl methyl sites for hydroxylation is 2. The second-order valence-corrected chi connectivity index (χ2v) is 4.11. The van der Waals surface area contributed by atoms with Gasteiger partial charge in [0.2, 0.25) is 0 Å². The first-order valence-corrected chi connectivity index (χ1v) is 5.03. The molecule has 0 spiro atoms. The van der Waals surface area contributed by atoms with Gasteiger partial charge in [0.15, 0.2) is 0 Å². The van der Waals surface area contributed by atoms with Crippen LogP contribution in [0.5, 0.6) is 5.75 Å². The standard InChI is InChI=1S/C12H14O3/c1-7-3-8(2)10-5-9(12(13)14)6-15-11(10)4-7/h3-4,9H,5-6H2,1-2H3,(H,13,14). The van der Waals surface area contributed by atoms with Crippen LogP contribution in [0.4, 0.5) is 0 Å². The Bertz CT molecular complexity index is 410. The Kier molecular flexibility index (Phi) is 2.39. The number of carboxylic acids is 1. The van der Waals surface area contributed by atoms with E-state index in [2.05, 4.69) is 6.07 Å².